The van der Waals surface area contributed by atoms with E-state index in [4.69, 9.17) is 0 Å². The van der Waals surface area contributed by atoms with E-state index in [1.165, 1.54) is 6.07 Å². The second-order valence-corrected chi connectivity index (χ2v) is 3.33. The first-order chi connectivity index (χ1) is 7.15. The number of hydrogen-bond acceptors (Lipinski definition) is 2. The Labute approximate surface area is 89.4 Å². The molecule has 0 unspecified atom stereocenters. The Morgan fingerprint density at radius 3 is 2.93 bits per heavy atom. The monoisotopic (exact) mass is 205 g/mol. The summed E-state index contributed by atoms with van der Waals surface area (Å²) < 4.78 is 0. The van der Waals surface area contributed by atoms with Gasteiger partial charge < -0.3 is 10.4 Å². The lowest BCUT2D eigenvalue weighted by atomic mass is 10.1. The molecule has 0 bridgehead atoms. The van der Waals surface area contributed by atoms with Gasteiger partial charge in [-0.15, -0.1) is 6.58 Å². The van der Waals surface area contributed by atoms with Crippen molar-refractivity contribution in [2.75, 3.05) is 6.54 Å². The van der Waals surface area contributed by atoms with Crippen molar-refractivity contribution in [2.45, 2.75) is 13.3 Å². The van der Waals surface area contributed by atoms with Crippen LogP contribution in [0.2, 0.25) is 0 Å². The van der Waals surface area contributed by atoms with Crippen LogP contribution >= 0.6 is 0 Å². The van der Waals surface area contributed by atoms with Gasteiger partial charge in [-0.05, 0) is 37.1 Å². The number of benzene rings is 1. The molecule has 1 aromatic carbocycles. The molecular weight excluding hydrogens is 190 g/mol. The molecule has 0 heterocycles. The minimum absolute atomic E-state index is 0.116. The lowest BCUT2D eigenvalue weighted by Crippen LogP contribution is -2.24. The van der Waals surface area contributed by atoms with Crippen molar-refractivity contribution >= 4 is 5.91 Å². The van der Waals surface area contributed by atoms with Crippen LogP contribution in [-0.4, -0.2) is 17.6 Å². The van der Waals surface area contributed by atoms with Crippen LogP contribution in [0.1, 0.15) is 22.3 Å². The van der Waals surface area contributed by atoms with Gasteiger partial charge in [-0.25, -0.2) is 0 Å². The molecule has 0 aliphatic rings. The Bertz CT molecular complexity index is 372. The normalized spacial score (nSPS) is 9.67. The van der Waals surface area contributed by atoms with Crippen molar-refractivity contribution in [1.29, 1.82) is 0 Å². The van der Waals surface area contributed by atoms with Crippen LogP contribution in [0.25, 0.3) is 0 Å². The number of phenolic OH excluding ortho intramolecular Hbond substituents is 1. The molecule has 0 spiro atoms. The Morgan fingerprint density at radius 2 is 2.33 bits per heavy atom. The van der Waals surface area contributed by atoms with E-state index in [-0.39, 0.29) is 11.7 Å². The zero-order chi connectivity index (χ0) is 11.3. The molecular formula is C12H15NO2. The Hall–Kier alpha value is -1.77. The number of amides is 1. The number of aryl methyl sites for hydroxylation is 1. The zero-order valence-electron chi connectivity index (χ0n) is 8.79. The fourth-order valence-electron chi connectivity index (χ4n) is 1.29. The van der Waals surface area contributed by atoms with Crippen molar-refractivity contribution in [2.24, 2.45) is 0 Å². The lowest BCUT2D eigenvalue weighted by Gasteiger charge is -2.06. The fraction of sp³-hybridized carbons (Fsp3) is 0.250. The number of carbonyl (C=O) groups excluding carboxylic acids is 1. The largest absolute Gasteiger partial charge is 0.508 e. The molecule has 80 valence electrons. The van der Waals surface area contributed by atoms with Gasteiger partial charge in [-0.1, -0.05) is 6.08 Å². The predicted molar refractivity (Wildman–Crippen MR) is 60.0 cm³/mol. The standard InChI is InChI=1S/C12H15NO2/c1-3-4-7-13-12(15)11-6-5-10(14)8-9(11)2/h3,5-6,8,14H,1,4,7H2,2H3,(H,13,15). The molecule has 2 N–H and O–H groups in total. The third-order valence-corrected chi connectivity index (χ3v) is 2.09. The number of aromatic hydroxyl groups is 1. The van der Waals surface area contributed by atoms with E-state index in [0.29, 0.717) is 12.1 Å². The van der Waals surface area contributed by atoms with Crippen molar-refractivity contribution in [3.8, 4) is 5.75 Å². The molecule has 0 fully saturated rings. The van der Waals surface area contributed by atoms with Crippen LogP contribution in [-0.2, 0) is 0 Å². The second kappa shape index (κ2) is 5.20. The maximum absolute atomic E-state index is 11.6. The summed E-state index contributed by atoms with van der Waals surface area (Å²) in [5, 5.41) is 12.0. The first-order valence-electron chi connectivity index (χ1n) is 4.84. The topological polar surface area (TPSA) is 49.3 Å². The Morgan fingerprint density at radius 1 is 1.60 bits per heavy atom. The predicted octanol–water partition coefficient (Wildman–Crippen LogP) is 2.01. The summed E-state index contributed by atoms with van der Waals surface area (Å²) in [5.74, 6) is 0.0597. The summed E-state index contributed by atoms with van der Waals surface area (Å²) in [6.07, 6.45) is 2.51. The molecule has 15 heavy (non-hydrogen) atoms. The van der Waals surface area contributed by atoms with Crippen molar-refractivity contribution < 1.29 is 9.90 Å². The van der Waals surface area contributed by atoms with Crippen LogP contribution in [0.4, 0.5) is 0 Å². The molecule has 0 atom stereocenters. The van der Waals surface area contributed by atoms with E-state index < -0.39 is 0 Å². The highest BCUT2D eigenvalue weighted by Gasteiger charge is 2.07. The maximum atomic E-state index is 11.6. The van der Waals surface area contributed by atoms with Gasteiger partial charge in [-0.3, -0.25) is 4.79 Å². The third-order valence-electron chi connectivity index (χ3n) is 2.09. The molecule has 0 saturated carbocycles. The summed E-state index contributed by atoms with van der Waals surface area (Å²) in [6.45, 7) is 5.95. The summed E-state index contributed by atoms with van der Waals surface area (Å²) in [6, 6.07) is 4.70. The van der Waals surface area contributed by atoms with Gasteiger partial charge in [0, 0.05) is 12.1 Å². The fourth-order valence-corrected chi connectivity index (χ4v) is 1.29. The lowest BCUT2D eigenvalue weighted by molar-refractivity contribution is 0.0954. The summed E-state index contributed by atoms with van der Waals surface area (Å²) in [5.41, 5.74) is 1.36. The molecule has 3 nitrogen and oxygen atoms in total. The molecule has 0 aliphatic heterocycles. The molecule has 3 heteroatoms. The van der Waals surface area contributed by atoms with Crippen LogP contribution in [0.3, 0.4) is 0 Å². The number of carbonyl (C=O) groups is 1. The van der Waals surface area contributed by atoms with Gasteiger partial charge >= 0.3 is 0 Å². The van der Waals surface area contributed by atoms with E-state index in [1.54, 1.807) is 25.1 Å². The SMILES string of the molecule is C=CCCNC(=O)c1ccc(O)cc1C. The van der Waals surface area contributed by atoms with Crippen LogP contribution in [0.5, 0.6) is 5.75 Å². The Kier molecular flexibility index (Phi) is 3.92. The maximum Gasteiger partial charge on any atom is 0.251 e. The number of rotatable bonds is 4. The molecule has 0 aromatic heterocycles. The van der Waals surface area contributed by atoms with Gasteiger partial charge in [0.25, 0.3) is 5.91 Å². The Balaban J connectivity index is 2.69. The molecule has 1 amide bonds. The molecule has 1 rings (SSSR count). The van der Waals surface area contributed by atoms with Crippen molar-refractivity contribution in [3.05, 3.63) is 42.0 Å². The molecule has 0 aliphatic carbocycles. The summed E-state index contributed by atoms with van der Waals surface area (Å²) in [4.78, 5) is 11.6. The number of hydrogen-bond donors (Lipinski definition) is 2. The van der Waals surface area contributed by atoms with Gasteiger partial charge in [0.05, 0.1) is 0 Å². The van der Waals surface area contributed by atoms with Gasteiger partial charge in [-0.2, -0.15) is 0 Å². The molecule has 1 aromatic rings. The zero-order valence-corrected chi connectivity index (χ0v) is 8.79. The van der Waals surface area contributed by atoms with Gasteiger partial charge in [0.15, 0.2) is 0 Å². The minimum atomic E-state index is -0.116. The number of phenols is 1. The van der Waals surface area contributed by atoms with Crippen molar-refractivity contribution in [1.82, 2.24) is 5.32 Å². The summed E-state index contributed by atoms with van der Waals surface area (Å²) >= 11 is 0. The first kappa shape index (κ1) is 11.3. The van der Waals surface area contributed by atoms with Crippen LogP contribution in [0, 0.1) is 6.92 Å². The van der Waals surface area contributed by atoms with E-state index in [1.807, 2.05) is 0 Å². The van der Waals surface area contributed by atoms with E-state index in [0.717, 1.165) is 12.0 Å². The highest BCUT2D eigenvalue weighted by molar-refractivity contribution is 5.95. The van der Waals surface area contributed by atoms with Gasteiger partial charge in [0.2, 0.25) is 0 Å². The van der Waals surface area contributed by atoms with E-state index in [2.05, 4.69) is 11.9 Å². The average molecular weight is 205 g/mol. The highest BCUT2D eigenvalue weighted by Crippen LogP contribution is 2.15. The quantitative estimate of drug-likeness (QED) is 0.583. The van der Waals surface area contributed by atoms with E-state index in [9.17, 15) is 9.90 Å². The molecule has 0 radical (unpaired) electrons. The second-order valence-electron chi connectivity index (χ2n) is 3.33. The number of nitrogens with one attached hydrogen (secondary N) is 1. The van der Waals surface area contributed by atoms with Crippen LogP contribution < -0.4 is 5.32 Å². The highest BCUT2D eigenvalue weighted by atomic mass is 16.3. The average Bonchev–Trinajstić information content (AvgIpc) is 2.17. The van der Waals surface area contributed by atoms with Crippen molar-refractivity contribution in [3.63, 3.8) is 0 Å². The van der Waals surface area contributed by atoms with E-state index >= 15 is 0 Å². The summed E-state index contributed by atoms with van der Waals surface area (Å²) in [7, 11) is 0. The minimum Gasteiger partial charge on any atom is -0.508 e. The van der Waals surface area contributed by atoms with Gasteiger partial charge in [0.1, 0.15) is 5.75 Å². The van der Waals surface area contributed by atoms with Crippen LogP contribution in [0.15, 0.2) is 30.9 Å². The first-order valence-corrected chi connectivity index (χ1v) is 4.84. The molecule has 0 saturated heterocycles. The smallest absolute Gasteiger partial charge is 0.251 e. The third kappa shape index (κ3) is 3.13.